The third kappa shape index (κ3) is 2.45. The second-order valence-electron chi connectivity index (χ2n) is 4.32. The average molecular weight is 250 g/mol. The van der Waals surface area contributed by atoms with Gasteiger partial charge in [0.05, 0.1) is 18.8 Å². The first-order valence-corrected chi connectivity index (χ1v) is 5.71. The smallest absolute Gasteiger partial charge is 0.248 e. The molecule has 2 rings (SSSR count). The van der Waals surface area contributed by atoms with Gasteiger partial charge in [-0.15, -0.1) is 0 Å². The zero-order chi connectivity index (χ0) is 12.5. The maximum atomic E-state index is 11.1. The monoisotopic (exact) mass is 250 g/mol. The van der Waals surface area contributed by atoms with Gasteiger partial charge in [0.1, 0.15) is 4.99 Å². The van der Waals surface area contributed by atoms with Crippen molar-refractivity contribution in [3.05, 3.63) is 35.4 Å². The lowest BCUT2D eigenvalue weighted by atomic mass is 9.90. The largest absolute Gasteiger partial charge is 0.372 e. The number of primary amides is 1. The van der Waals surface area contributed by atoms with Crippen LogP contribution >= 0.6 is 12.2 Å². The molecule has 0 aromatic heterocycles. The Morgan fingerprint density at radius 1 is 1.59 bits per heavy atom. The molecule has 0 aliphatic carbocycles. The molecule has 17 heavy (non-hydrogen) atoms. The fourth-order valence-corrected chi connectivity index (χ4v) is 2.21. The van der Waals surface area contributed by atoms with Crippen molar-refractivity contribution in [2.45, 2.75) is 12.5 Å². The van der Waals surface area contributed by atoms with Gasteiger partial charge in [-0.05, 0) is 24.6 Å². The highest BCUT2D eigenvalue weighted by Gasteiger charge is 2.31. The highest BCUT2D eigenvalue weighted by Crippen LogP contribution is 2.24. The summed E-state index contributed by atoms with van der Waals surface area (Å²) >= 11 is 5.11. The van der Waals surface area contributed by atoms with E-state index in [1.165, 1.54) is 0 Å². The average Bonchev–Trinajstić information content (AvgIpc) is 2.29. The van der Waals surface area contributed by atoms with Crippen LogP contribution in [-0.2, 0) is 10.3 Å². The molecule has 1 unspecified atom stereocenters. The molecule has 5 heteroatoms. The molecule has 1 aromatic carbocycles. The van der Waals surface area contributed by atoms with Gasteiger partial charge in [-0.3, -0.25) is 4.79 Å². The van der Waals surface area contributed by atoms with Crippen LogP contribution < -0.4 is 11.1 Å². The van der Waals surface area contributed by atoms with Gasteiger partial charge in [0.2, 0.25) is 5.91 Å². The van der Waals surface area contributed by atoms with E-state index in [4.69, 9.17) is 22.7 Å². The Morgan fingerprint density at radius 2 is 2.35 bits per heavy atom. The highest BCUT2D eigenvalue weighted by atomic mass is 32.1. The van der Waals surface area contributed by atoms with E-state index >= 15 is 0 Å². The highest BCUT2D eigenvalue weighted by molar-refractivity contribution is 7.80. The fraction of sp³-hybridized carbons (Fsp3) is 0.333. The molecule has 1 aliphatic heterocycles. The van der Waals surface area contributed by atoms with E-state index in [0.29, 0.717) is 23.8 Å². The predicted molar refractivity (Wildman–Crippen MR) is 68.9 cm³/mol. The third-order valence-corrected chi connectivity index (χ3v) is 3.04. The number of thiocarbonyl (C=S) groups is 1. The minimum Gasteiger partial charge on any atom is -0.372 e. The van der Waals surface area contributed by atoms with Gasteiger partial charge in [-0.25, -0.2) is 0 Å². The third-order valence-electron chi connectivity index (χ3n) is 2.82. The second-order valence-corrected chi connectivity index (χ2v) is 4.81. The van der Waals surface area contributed by atoms with E-state index in [0.717, 1.165) is 5.56 Å². The van der Waals surface area contributed by atoms with Crippen LogP contribution in [0.5, 0.6) is 0 Å². The van der Waals surface area contributed by atoms with Crippen molar-refractivity contribution in [2.75, 3.05) is 13.2 Å². The van der Waals surface area contributed by atoms with Crippen LogP contribution in [-0.4, -0.2) is 24.1 Å². The van der Waals surface area contributed by atoms with Crippen LogP contribution in [0.2, 0.25) is 0 Å². The topological polar surface area (TPSA) is 64.4 Å². The lowest BCUT2D eigenvalue weighted by molar-refractivity contribution is 0.0874. The molecular weight excluding hydrogens is 236 g/mol. The first-order valence-electron chi connectivity index (χ1n) is 5.30. The van der Waals surface area contributed by atoms with Gasteiger partial charge in [-0.1, -0.05) is 24.4 Å². The summed E-state index contributed by atoms with van der Waals surface area (Å²) in [5, 5.41) is 3.23. The zero-order valence-corrected chi connectivity index (χ0v) is 10.3. The Labute approximate surface area is 105 Å². The van der Waals surface area contributed by atoms with Crippen molar-refractivity contribution in [2.24, 2.45) is 5.73 Å². The normalized spacial score (nSPS) is 24.2. The number of amides is 1. The lowest BCUT2D eigenvalue weighted by Gasteiger charge is -2.36. The number of rotatable bonds is 2. The van der Waals surface area contributed by atoms with Crippen LogP contribution in [0.1, 0.15) is 22.8 Å². The van der Waals surface area contributed by atoms with E-state index in [1.807, 2.05) is 13.0 Å². The Bertz CT molecular complexity index is 475. The molecule has 0 saturated carbocycles. The molecule has 1 aliphatic rings. The number of carbonyl (C=O) groups is 1. The van der Waals surface area contributed by atoms with Crippen molar-refractivity contribution in [1.82, 2.24) is 5.32 Å². The fourth-order valence-electron chi connectivity index (χ4n) is 1.90. The summed E-state index contributed by atoms with van der Waals surface area (Å²) in [4.78, 5) is 11.8. The summed E-state index contributed by atoms with van der Waals surface area (Å²) in [6.07, 6.45) is 0. The van der Waals surface area contributed by atoms with Gasteiger partial charge >= 0.3 is 0 Å². The molecule has 1 aromatic rings. The minimum atomic E-state index is -0.435. The van der Waals surface area contributed by atoms with Crippen molar-refractivity contribution < 1.29 is 9.53 Å². The standard InChI is InChI=1S/C12H14N2O2S/c1-12(7-16-6-10(17)14-12)9-4-2-3-8(5-9)11(13)15/h2-5H,6-7H2,1H3,(H2,13,15)(H,14,17). The van der Waals surface area contributed by atoms with Crippen LogP contribution in [0.25, 0.3) is 0 Å². The molecule has 90 valence electrons. The quantitative estimate of drug-likeness (QED) is 0.767. The second kappa shape index (κ2) is 4.43. The first-order chi connectivity index (χ1) is 8.01. The molecule has 3 N–H and O–H groups in total. The number of carbonyl (C=O) groups excluding carboxylic acids is 1. The Balaban J connectivity index is 2.35. The maximum Gasteiger partial charge on any atom is 0.248 e. The number of hydrogen-bond donors (Lipinski definition) is 2. The molecule has 1 fully saturated rings. The lowest BCUT2D eigenvalue weighted by Crippen LogP contribution is -2.52. The molecule has 1 amide bonds. The summed E-state index contributed by atoms with van der Waals surface area (Å²) in [6.45, 7) is 2.94. The Morgan fingerprint density at radius 3 is 3.00 bits per heavy atom. The van der Waals surface area contributed by atoms with E-state index in [1.54, 1.807) is 18.2 Å². The molecule has 1 heterocycles. The van der Waals surface area contributed by atoms with Gasteiger partial charge in [0.25, 0.3) is 0 Å². The van der Waals surface area contributed by atoms with Gasteiger partial charge in [0.15, 0.2) is 0 Å². The van der Waals surface area contributed by atoms with E-state index in [9.17, 15) is 4.79 Å². The Hall–Kier alpha value is -1.46. The number of morpholine rings is 1. The number of benzene rings is 1. The molecular formula is C12H14N2O2S. The van der Waals surface area contributed by atoms with Gasteiger partial charge in [0, 0.05) is 5.56 Å². The van der Waals surface area contributed by atoms with E-state index < -0.39 is 11.4 Å². The van der Waals surface area contributed by atoms with Crippen molar-refractivity contribution in [3.63, 3.8) is 0 Å². The molecule has 1 saturated heterocycles. The summed E-state index contributed by atoms with van der Waals surface area (Å²) in [6, 6.07) is 7.20. The van der Waals surface area contributed by atoms with Crippen LogP contribution in [0, 0.1) is 0 Å². The zero-order valence-electron chi connectivity index (χ0n) is 9.53. The molecule has 0 radical (unpaired) electrons. The number of ether oxygens (including phenoxy) is 1. The molecule has 0 bridgehead atoms. The maximum absolute atomic E-state index is 11.1. The molecule has 4 nitrogen and oxygen atoms in total. The van der Waals surface area contributed by atoms with E-state index in [-0.39, 0.29) is 0 Å². The number of nitrogens with one attached hydrogen (secondary N) is 1. The predicted octanol–water partition coefficient (Wildman–Crippen LogP) is 0.948. The molecule has 0 spiro atoms. The van der Waals surface area contributed by atoms with Crippen LogP contribution in [0.15, 0.2) is 24.3 Å². The van der Waals surface area contributed by atoms with Crippen molar-refractivity contribution >= 4 is 23.1 Å². The summed E-state index contributed by atoms with van der Waals surface area (Å²) in [7, 11) is 0. The summed E-state index contributed by atoms with van der Waals surface area (Å²) < 4.78 is 5.43. The number of hydrogen-bond acceptors (Lipinski definition) is 3. The Kier molecular flexibility index (Phi) is 3.13. The van der Waals surface area contributed by atoms with Gasteiger partial charge < -0.3 is 15.8 Å². The van der Waals surface area contributed by atoms with E-state index in [2.05, 4.69) is 5.32 Å². The SMILES string of the molecule is CC1(c2cccc(C(N)=O)c2)COCC(=S)N1. The van der Waals surface area contributed by atoms with Crippen molar-refractivity contribution in [1.29, 1.82) is 0 Å². The van der Waals surface area contributed by atoms with Crippen molar-refractivity contribution in [3.8, 4) is 0 Å². The summed E-state index contributed by atoms with van der Waals surface area (Å²) in [5.41, 5.74) is 6.29. The molecule has 1 atom stereocenters. The number of nitrogens with two attached hydrogens (primary N) is 1. The summed E-state index contributed by atoms with van der Waals surface area (Å²) in [5.74, 6) is -0.435. The first kappa shape index (κ1) is 12.0. The van der Waals surface area contributed by atoms with Crippen LogP contribution in [0.3, 0.4) is 0 Å². The minimum absolute atomic E-state index is 0.402. The van der Waals surface area contributed by atoms with Gasteiger partial charge in [-0.2, -0.15) is 0 Å². The van der Waals surface area contributed by atoms with Crippen LogP contribution in [0.4, 0.5) is 0 Å².